The average Bonchev–Trinajstić information content (AvgIpc) is 3.03. The fourth-order valence-electron chi connectivity index (χ4n) is 2.02. The number of nitrogens with two attached hydrogens (primary N) is 1. The number of alkyl halides is 3. The molecular formula is C10H16ClF3N2O2. The molecule has 1 heterocycles. The van der Waals surface area contributed by atoms with Crippen LogP contribution in [-0.4, -0.2) is 41.9 Å². The van der Waals surface area contributed by atoms with Gasteiger partial charge in [0.15, 0.2) is 0 Å². The second-order valence-corrected chi connectivity index (χ2v) is 4.70. The molecule has 0 aromatic carbocycles. The number of carbonyl (C=O) groups excluding carboxylic acids is 1. The Bertz CT molecular complexity index is 323. The number of halogens is 4. The van der Waals surface area contributed by atoms with Gasteiger partial charge in [-0.3, -0.25) is 9.53 Å². The number of ether oxygens (including phenoxy) is 1. The van der Waals surface area contributed by atoms with Crippen LogP contribution >= 0.6 is 12.4 Å². The predicted molar refractivity (Wildman–Crippen MR) is 60.1 cm³/mol. The van der Waals surface area contributed by atoms with Crippen LogP contribution < -0.4 is 5.73 Å². The zero-order valence-corrected chi connectivity index (χ0v) is 10.6. The first kappa shape index (κ1) is 15.5. The molecule has 2 fully saturated rings. The van der Waals surface area contributed by atoms with Crippen LogP contribution in [0.15, 0.2) is 0 Å². The fourth-order valence-corrected chi connectivity index (χ4v) is 2.02. The number of nitrogens with zero attached hydrogens (tertiary/aromatic N) is 1. The quantitative estimate of drug-likeness (QED) is 0.851. The molecule has 2 rings (SSSR count). The van der Waals surface area contributed by atoms with E-state index in [1.165, 1.54) is 11.8 Å². The molecule has 0 aromatic rings. The molecule has 2 aliphatic rings. The maximum absolute atomic E-state index is 12.0. The summed E-state index contributed by atoms with van der Waals surface area (Å²) >= 11 is 0. The Balaban J connectivity index is 0.00000162. The van der Waals surface area contributed by atoms with Crippen molar-refractivity contribution in [3.8, 4) is 0 Å². The molecule has 1 amide bonds. The molecule has 0 spiro atoms. The van der Waals surface area contributed by atoms with Crippen LogP contribution in [0.2, 0.25) is 0 Å². The summed E-state index contributed by atoms with van der Waals surface area (Å²) in [5.74, 6) is -0.0562. The molecule has 0 radical (unpaired) electrons. The number of carbonyl (C=O) groups is 1. The van der Waals surface area contributed by atoms with Gasteiger partial charge in [0, 0.05) is 6.54 Å². The third-order valence-corrected chi connectivity index (χ3v) is 3.39. The van der Waals surface area contributed by atoms with E-state index in [2.05, 4.69) is 4.74 Å². The van der Waals surface area contributed by atoms with Gasteiger partial charge in [0.1, 0.15) is 6.10 Å². The standard InChI is InChI=1S/C10H15F3N2O2.ClH/c1-5-7(17-10(11,12)13)4-15(5)9(16)8(14)6-2-3-6;/h5-8H,2-4,14H2,1H3;1H/t5-,7-,8+;/m0./s1. The van der Waals surface area contributed by atoms with E-state index >= 15 is 0 Å². The van der Waals surface area contributed by atoms with E-state index in [9.17, 15) is 18.0 Å². The summed E-state index contributed by atoms with van der Waals surface area (Å²) in [4.78, 5) is 13.2. The topological polar surface area (TPSA) is 55.6 Å². The monoisotopic (exact) mass is 288 g/mol. The van der Waals surface area contributed by atoms with E-state index in [-0.39, 0.29) is 30.8 Å². The number of amides is 1. The molecule has 0 unspecified atom stereocenters. The Morgan fingerprint density at radius 3 is 2.39 bits per heavy atom. The first-order valence-electron chi connectivity index (χ1n) is 5.60. The lowest BCUT2D eigenvalue weighted by Crippen LogP contribution is -2.65. The van der Waals surface area contributed by atoms with Crippen molar-refractivity contribution in [1.82, 2.24) is 4.90 Å². The highest BCUT2D eigenvalue weighted by Gasteiger charge is 2.48. The molecule has 3 atom stereocenters. The fraction of sp³-hybridized carbons (Fsp3) is 0.900. The number of likely N-dealkylation sites (tertiary alicyclic amines) is 1. The van der Waals surface area contributed by atoms with Crippen molar-refractivity contribution in [1.29, 1.82) is 0 Å². The number of rotatable bonds is 3. The van der Waals surface area contributed by atoms with Gasteiger partial charge in [-0.05, 0) is 25.7 Å². The minimum atomic E-state index is -4.65. The van der Waals surface area contributed by atoms with Crippen molar-refractivity contribution in [3.05, 3.63) is 0 Å². The Kier molecular flexibility index (Phi) is 4.51. The average molecular weight is 289 g/mol. The predicted octanol–water partition coefficient (Wildman–Crippen LogP) is 1.28. The Labute approximate surface area is 109 Å². The van der Waals surface area contributed by atoms with Crippen LogP contribution in [0.1, 0.15) is 19.8 Å². The maximum Gasteiger partial charge on any atom is 0.522 e. The lowest BCUT2D eigenvalue weighted by molar-refractivity contribution is -0.359. The molecule has 106 valence electrons. The van der Waals surface area contributed by atoms with Crippen molar-refractivity contribution >= 4 is 18.3 Å². The summed E-state index contributed by atoms with van der Waals surface area (Å²) < 4.78 is 39.8. The van der Waals surface area contributed by atoms with E-state index in [1.807, 2.05) is 0 Å². The number of hydrogen-bond acceptors (Lipinski definition) is 3. The normalized spacial score (nSPS) is 29.3. The van der Waals surface area contributed by atoms with E-state index in [4.69, 9.17) is 5.73 Å². The van der Waals surface area contributed by atoms with Crippen LogP contribution in [0.25, 0.3) is 0 Å². The van der Waals surface area contributed by atoms with Crippen molar-refractivity contribution in [2.24, 2.45) is 11.7 Å². The van der Waals surface area contributed by atoms with Gasteiger partial charge in [0.2, 0.25) is 5.91 Å². The van der Waals surface area contributed by atoms with Crippen molar-refractivity contribution in [3.63, 3.8) is 0 Å². The summed E-state index contributed by atoms with van der Waals surface area (Å²) in [5.41, 5.74) is 5.71. The second kappa shape index (κ2) is 5.22. The van der Waals surface area contributed by atoms with Gasteiger partial charge in [-0.15, -0.1) is 25.6 Å². The minimum Gasteiger partial charge on any atom is -0.333 e. The first-order valence-corrected chi connectivity index (χ1v) is 5.60. The smallest absolute Gasteiger partial charge is 0.333 e. The molecule has 0 aromatic heterocycles. The van der Waals surface area contributed by atoms with Gasteiger partial charge in [-0.1, -0.05) is 0 Å². The summed E-state index contributed by atoms with van der Waals surface area (Å²) in [6.07, 6.45) is -3.76. The van der Waals surface area contributed by atoms with Crippen LogP contribution in [0.3, 0.4) is 0 Å². The van der Waals surface area contributed by atoms with Gasteiger partial charge < -0.3 is 10.6 Å². The highest BCUT2D eigenvalue weighted by Crippen LogP contribution is 2.35. The Morgan fingerprint density at radius 1 is 1.44 bits per heavy atom. The van der Waals surface area contributed by atoms with E-state index in [1.54, 1.807) is 0 Å². The molecule has 1 saturated carbocycles. The largest absolute Gasteiger partial charge is 0.522 e. The summed E-state index contributed by atoms with van der Waals surface area (Å²) in [5, 5.41) is 0. The highest BCUT2D eigenvalue weighted by atomic mass is 35.5. The van der Waals surface area contributed by atoms with Crippen LogP contribution in [0.5, 0.6) is 0 Å². The van der Waals surface area contributed by atoms with Crippen LogP contribution in [-0.2, 0) is 9.53 Å². The Hall–Kier alpha value is -0.530. The van der Waals surface area contributed by atoms with Gasteiger partial charge >= 0.3 is 6.36 Å². The zero-order valence-electron chi connectivity index (χ0n) is 9.81. The molecule has 1 aliphatic heterocycles. The summed E-state index contributed by atoms with van der Waals surface area (Å²) in [6.45, 7) is 1.51. The first-order chi connectivity index (χ1) is 7.79. The van der Waals surface area contributed by atoms with E-state index in [0.29, 0.717) is 0 Å². The zero-order chi connectivity index (χ0) is 12.8. The maximum atomic E-state index is 12.0. The molecule has 8 heteroatoms. The van der Waals surface area contributed by atoms with Gasteiger partial charge in [-0.25, -0.2) is 0 Å². The molecule has 4 nitrogen and oxygen atoms in total. The number of hydrogen-bond donors (Lipinski definition) is 1. The van der Waals surface area contributed by atoms with Gasteiger partial charge in [0.25, 0.3) is 0 Å². The molecular weight excluding hydrogens is 273 g/mol. The molecule has 18 heavy (non-hydrogen) atoms. The lowest BCUT2D eigenvalue weighted by Gasteiger charge is -2.46. The summed E-state index contributed by atoms with van der Waals surface area (Å²) in [7, 11) is 0. The van der Waals surface area contributed by atoms with Gasteiger partial charge in [0.05, 0.1) is 12.1 Å². The molecule has 0 bridgehead atoms. The molecule has 2 N–H and O–H groups in total. The second-order valence-electron chi connectivity index (χ2n) is 4.70. The van der Waals surface area contributed by atoms with Crippen molar-refractivity contribution < 1.29 is 22.7 Å². The SMILES string of the molecule is C[C@H]1[C@@H](OC(F)(F)F)CN1C(=O)[C@H](N)C1CC1.Cl. The molecule has 1 aliphatic carbocycles. The minimum absolute atomic E-state index is 0. The van der Waals surface area contributed by atoms with Crippen LogP contribution in [0, 0.1) is 5.92 Å². The summed E-state index contributed by atoms with van der Waals surface area (Å²) in [6, 6.07) is -1.13. The third kappa shape index (κ3) is 3.27. The van der Waals surface area contributed by atoms with E-state index < -0.39 is 24.6 Å². The third-order valence-electron chi connectivity index (χ3n) is 3.39. The van der Waals surface area contributed by atoms with Gasteiger partial charge in [-0.2, -0.15) is 0 Å². The lowest BCUT2D eigenvalue weighted by atomic mass is 9.98. The molecule has 1 saturated heterocycles. The van der Waals surface area contributed by atoms with E-state index in [0.717, 1.165) is 12.8 Å². The highest BCUT2D eigenvalue weighted by molar-refractivity contribution is 5.85. The van der Waals surface area contributed by atoms with Crippen LogP contribution in [0.4, 0.5) is 13.2 Å². The van der Waals surface area contributed by atoms with Crippen molar-refractivity contribution in [2.45, 2.75) is 44.3 Å². The Morgan fingerprint density at radius 2 is 2.00 bits per heavy atom. The van der Waals surface area contributed by atoms with Crippen molar-refractivity contribution in [2.75, 3.05) is 6.54 Å².